The van der Waals surface area contributed by atoms with Gasteiger partial charge in [-0.3, -0.25) is 19.4 Å². The van der Waals surface area contributed by atoms with Gasteiger partial charge in [0, 0.05) is 31.9 Å². The Morgan fingerprint density at radius 2 is 1.30 bits per heavy atom. The Morgan fingerprint density at radius 3 is 1.83 bits per heavy atom. The number of carbonyl (C=O) groups is 2. The maximum absolute atomic E-state index is 13.0. The van der Waals surface area contributed by atoms with Crippen LogP contribution in [0.2, 0.25) is 0 Å². The van der Waals surface area contributed by atoms with Gasteiger partial charge in [0.1, 0.15) is 11.6 Å². The monoisotopic (exact) mass is 416 g/mol. The summed E-state index contributed by atoms with van der Waals surface area (Å²) in [6.07, 6.45) is 0. The first-order chi connectivity index (χ1) is 14.4. The summed E-state index contributed by atoms with van der Waals surface area (Å²) in [5.41, 5.74) is 1.41. The van der Waals surface area contributed by atoms with Crippen molar-refractivity contribution in [1.29, 1.82) is 0 Å². The zero-order valence-corrected chi connectivity index (χ0v) is 16.9. The number of nitrogens with one attached hydrogen (secondary N) is 2. The lowest BCUT2D eigenvalue weighted by Crippen LogP contribution is -2.51. The molecule has 6 nitrogen and oxygen atoms in total. The number of benzene rings is 2. The van der Waals surface area contributed by atoms with Gasteiger partial charge in [0.05, 0.1) is 19.1 Å². The van der Waals surface area contributed by atoms with Crippen LogP contribution in [0.25, 0.3) is 0 Å². The minimum Gasteiger partial charge on any atom is -0.348 e. The van der Waals surface area contributed by atoms with Crippen molar-refractivity contribution in [2.45, 2.75) is 13.0 Å². The van der Waals surface area contributed by atoms with Gasteiger partial charge in [0.25, 0.3) is 0 Å². The van der Waals surface area contributed by atoms with Gasteiger partial charge in [-0.1, -0.05) is 12.1 Å². The Kier molecular flexibility index (Phi) is 7.48. The second-order valence-electron chi connectivity index (χ2n) is 7.45. The SMILES string of the molecule is C[C@@H](NC(=O)CN1CCN(CC(=O)Nc2ccc(F)cc2)CC1)c1ccc(F)cc1. The molecule has 1 aliphatic rings. The van der Waals surface area contributed by atoms with E-state index < -0.39 is 0 Å². The normalized spacial score (nSPS) is 16.1. The molecule has 1 fully saturated rings. The molecule has 2 aromatic carbocycles. The molecule has 30 heavy (non-hydrogen) atoms. The quantitative estimate of drug-likeness (QED) is 0.728. The summed E-state index contributed by atoms with van der Waals surface area (Å²) >= 11 is 0. The van der Waals surface area contributed by atoms with Crippen LogP contribution in [0, 0.1) is 11.6 Å². The van der Waals surface area contributed by atoms with E-state index in [9.17, 15) is 18.4 Å². The van der Waals surface area contributed by atoms with Crippen molar-refractivity contribution in [2.24, 2.45) is 0 Å². The molecular formula is C22H26F2N4O2. The van der Waals surface area contributed by atoms with Crippen molar-refractivity contribution in [3.8, 4) is 0 Å². The van der Waals surface area contributed by atoms with Crippen molar-refractivity contribution in [2.75, 3.05) is 44.6 Å². The molecule has 0 bridgehead atoms. The smallest absolute Gasteiger partial charge is 0.238 e. The minimum atomic E-state index is -0.347. The molecular weight excluding hydrogens is 390 g/mol. The molecule has 2 amide bonds. The molecule has 1 atom stereocenters. The third kappa shape index (κ3) is 6.60. The van der Waals surface area contributed by atoms with Gasteiger partial charge in [0.15, 0.2) is 0 Å². The van der Waals surface area contributed by atoms with Gasteiger partial charge in [-0.25, -0.2) is 8.78 Å². The topological polar surface area (TPSA) is 64.7 Å². The largest absolute Gasteiger partial charge is 0.348 e. The third-order valence-electron chi connectivity index (χ3n) is 5.07. The molecule has 0 aliphatic carbocycles. The molecule has 0 spiro atoms. The van der Waals surface area contributed by atoms with Crippen LogP contribution in [-0.2, 0) is 9.59 Å². The molecule has 0 unspecified atom stereocenters. The lowest BCUT2D eigenvalue weighted by molar-refractivity contribution is -0.124. The first kappa shape index (κ1) is 21.9. The van der Waals surface area contributed by atoms with Crippen molar-refractivity contribution in [3.63, 3.8) is 0 Å². The number of halogens is 2. The van der Waals surface area contributed by atoms with Crippen LogP contribution in [0.15, 0.2) is 48.5 Å². The van der Waals surface area contributed by atoms with Crippen molar-refractivity contribution in [3.05, 3.63) is 65.7 Å². The molecule has 0 radical (unpaired) electrons. The number of hydrogen-bond acceptors (Lipinski definition) is 4. The summed E-state index contributed by atoms with van der Waals surface area (Å²) in [7, 11) is 0. The van der Waals surface area contributed by atoms with Gasteiger partial charge in [-0.05, 0) is 48.9 Å². The Labute approximate surface area is 174 Å². The highest BCUT2D eigenvalue weighted by molar-refractivity contribution is 5.92. The molecule has 2 aromatic rings. The maximum Gasteiger partial charge on any atom is 0.238 e. The second kappa shape index (κ2) is 10.3. The Hall–Kier alpha value is -2.84. The van der Waals surface area contributed by atoms with E-state index in [1.54, 1.807) is 12.1 Å². The number of rotatable bonds is 7. The lowest BCUT2D eigenvalue weighted by Gasteiger charge is -2.34. The summed E-state index contributed by atoms with van der Waals surface area (Å²) in [6.45, 7) is 5.11. The summed E-state index contributed by atoms with van der Waals surface area (Å²) < 4.78 is 25.9. The average Bonchev–Trinajstić information content (AvgIpc) is 2.71. The fourth-order valence-electron chi connectivity index (χ4n) is 3.37. The van der Waals surface area contributed by atoms with Crippen LogP contribution < -0.4 is 10.6 Å². The van der Waals surface area contributed by atoms with Crippen LogP contribution in [-0.4, -0.2) is 60.9 Å². The predicted molar refractivity (Wildman–Crippen MR) is 111 cm³/mol. The zero-order chi connectivity index (χ0) is 21.5. The molecule has 0 aromatic heterocycles. The highest BCUT2D eigenvalue weighted by atomic mass is 19.1. The van der Waals surface area contributed by atoms with E-state index in [0.717, 1.165) is 5.56 Å². The first-order valence-electron chi connectivity index (χ1n) is 9.94. The van der Waals surface area contributed by atoms with Crippen LogP contribution in [0.3, 0.4) is 0 Å². The van der Waals surface area contributed by atoms with Crippen molar-refractivity contribution < 1.29 is 18.4 Å². The highest BCUT2D eigenvalue weighted by Gasteiger charge is 2.21. The summed E-state index contributed by atoms with van der Waals surface area (Å²) in [5.74, 6) is -0.892. The van der Waals surface area contributed by atoms with Gasteiger partial charge >= 0.3 is 0 Å². The fourth-order valence-corrected chi connectivity index (χ4v) is 3.37. The Morgan fingerprint density at radius 1 is 0.833 bits per heavy atom. The van der Waals surface area contributed by atoms with E-state index >= 15 is 0 Å². The molecule has 3 rings (SSSR count). The highest BCUT2D eigenvalue weighted by Crippen LogP contribution is 2.13. The fraction of sp³-hybridized carbons (Fsp3) is 0.364. The van der Waals surface area contributed by atoms with Gasteiger partial charge in [0.2, 0.25) is 11.8 Å². The Bertz CT molecular complexity index is 850. The average molecular weight is 416 g/mol. The van der Waals surface area contributed by atoms with E-state index in [-0.39, 0.29) is 42.6 Å². The molecule has 1 heterocycles. The number of nitrogens with zero attached hydrogens (tertiary/aromatic N) is 2. The van der Waals surface area contributed by atoms with Crippen molar-refractivity contribution >= 4 is 17.5 Å². The van der Waals surface area contributed by atoms with E-state index in [1.165, 1.54) is 36.4 Å². The van der Waals surface area contributed by atoms with E-state index in [1.807, 2.05) is 16.7 Å². The molecule has 1 saturated heterocycles. The second-order valence-corrected chi connectivity index (χ2v) is 7.45. The lowest BCUT2D eigenvalue weighted by atomic mass is 10.1. The third-order valence-corrected chi connectivity index (χ3v) is 5.07. The molecule has 1 aliphatic heterocycles. The van der Waals surface area contributed by atoms with Crippen LogP contribution >= 0.6 is 0 Å². The number of hydrogen-bond donors (Lipinski definition) is 2. The molecule has 2 N–H and O–H groups in total. The number of amides is 2. The van der Waals surface area contributed by atoms with E-state index in [0.29, 0.717) is 31.9 Å². The van der Waals surface area contributed by atoms with Gasteiger partial charge in [-0.15, -0.1) is 0 Å². The zero-order valence-electron chi connectivity index (χ0n) is 16.9. The van der Waals surface area contributed by atoms with Gasteiger partial charge < -0.3 is 10.6 Å². The van der Waals surface area contributed by atoms with Crippen LogP contribution in [0.1, 0.15) is 18.5 Å². The van der Waals surface area contributed by atoms with Crippen molar-refractivity contribution in [1.82, 2.24) is 15.1 Å². The van der Waals surface area contributed by atoms with E-state index in [2.05, 4.69) is 10.6 Å². The van der Waals surface area contributed by atoms with Crippen LogP contribution in [0.4, 0.5) is 14.5 Å². The number of piperazine rings is 1. The van der Waals surface area contributed by atoms with Crippen LogP contribution in [0.5, 0.6) is 0 Å². The predicted octanol–water partition coefficient (Wildman–Crippen LogP) is 2.40. The summed E-state index contributed by atoms with van der Waals surface area (Å²) in [4.78, 5) is 28.5. The number of anilines is 1. The van der Waals surface area contributed by atoms with Gasteiger partial charge in [-0.2, -0.15) is 0 Å². The first-order valence-corrected chi connectivity index (χ1v) is 9.94. The molecule has 0 saturated carbocycles. The maximum atomic E-state index is 13.0. The standard InChI is InChI=1S/C22H26F2N4O2/c1-16(17-2-4-18(23)5-3-17)25-21(29)14-27-10-12-28(13-11-27)15-22(30)26-20-8-6-19(24)7-9-20/h2-9,16H,10-15H2,1H3,(H,25,29)(H,26,30)/t16-/m1/s1. The minimum absolute atomic E-state index is 0.0886. The molecule has 8 heteroatoms. The number of carbonyl (C=O) groups excluding carboxylic acids is 2. The summed E-state index contributed by atoms with van der Waals surface area (Å²) in [5, 5.41) is 5.68. The van der Waals surface area contributed by atoms with E-state index in [4.69, 9.17) is 0 Å². The summed E-state index contributed by atoms with van der Waals surface area (Å²) in [6, 6.07) is 11.5. The Balaban J connectivity index is 1.37. The molecule has 160 valence electrons.